The maximum absolute atomic E-state index is 11.9. The quantitative estimate of drug-likeness (QED) is 0.544. The molecule has 0 aliphatic carbocycles. The van der Waals surface area contributed by atoms with Crippen LogP contribution in [0.15, 0.2) is 30.3 Å². The number of hydrogen-bond acceptors (Lipinski definition) is 6. The Morgan fingerprint density at radius 3 is 2.60 bits per heavy atom. The van der Waals surface area contributed by atoms with Crippen LogP contribution in [0.4, 0.5) is 5.13 Å². The number of nitrogens with one attached hydrogen (secondary N) is 1. The summed E-state index contributed by atoms with van der Waals surface area (Å²) in [5.74, 6) is -0.304. The van der Waals surface area contributed by atoms with Gasteiger partial charge < -0.3 is 10.1 Å². The third kappa shape index (κ3) is 7.26. The molecule has 1 aromatic carbocycles. The fourth-order valence-corrected chi connectivity index (χ4v) is 2.76. The summed E-state index contributed by atoms with van der Waals surface area (Å²) >= 11 is 1.33. The number of hydrogen-bond donors (Lipinski definition) is 1. The molecule has 2 aromatic rings. The van der Waals surface area contributed by atoms with Gasteiger partial charge in [-0.2, -0.15) is 0 Å². The Balaban J connectivity index is 1.70. The molecule has 6 nitrogen and oxygen atoms in total. The van der Waals surface area contributed by atoms with Crippen LogP contribution in [0.2, 0.25) is 0 Å². The van der Waals surface area contributed by atoms with Gasteiger partial charge in [-0.3, -0.25) is 9.59 Å². The summed E-state index contributed by atoms with van der Waals surface area (Å²) in [6.45, 7) is 0. The lowest BCUT2D eigenvalue weighted by Gasteiger charge is -2.01. The zero-order chi connectivity index (χ0) is 17.9. The van der Waals surface area contributed by atoms with Crippen molar-refractivity contribution in [3.63, 3.8) is 0 Å². The first-order chi connectivity index (χ1) is 12.2. The predicted octanol–water partition coefficient (Wildman–Crippen LogP) is 3.77. The normalized spacial score (nSPS) is 10.8. The average molecular weight is 359 g/mol. The number of amides is 1. The summed E-state index contributed by atoms with van der Waals surface area (Å²) in [7, 11) is 1.38. The minimum atomic E-state index is -0.214. The van der Waals surface area contributed by atoms with Gasteiger partial charge in [-0.15, -0.1) is 10.2 Å². The van der Waals surface area contributed by atoms with E-state index in [9.17, 15) is 9.59 Å². The summed E-state index contributed by atoms with van der Waals surface area (Å²) in [5.41, 5.74) is 1.08. The molecule has 7 heteroatoms. The highest BCUT2D eigenvalue weighted by atomic mass is 32.1. The predicted molar refractivity (Wildman–Crippen MR) is 99.0 cm³/mol. The number of rotatable bonds is 9. The lowest BCUT2D eigenvalue weighted by atomic mass is 10.1. The zero-order valence-corrected chi connectivity index (χ0v) is 14.9. The van der Waals surface area contributed by atoms with E-state index in [2.05, 4.69) is 20.3 Å². The monoisotopic (exact) mass is 359 g/mol. The Hall–Kier alpha value is -2.54. The third-order valence-corrected chi connectivity index (χ3v) is 4.22. The summed E-state index contributed by atoms with van der Waals surface area (Å²) in [6.07, 6.45) is 6.88. The number of benzene rings is 1. The van der Waals surface area contributed by atoms with Crippen LogP contribution in [0.25, 0.3) is 12.2 Å². The van der Waals surface area contributed by atoms with Crippen molar-refractivity contribution in [2.75, 3.05) is 12.4 Å². The maximum atomic E-state index is 11.9. The molecule has 132 valence electrons. The van der Waals surface area contributed by atoms with Crippen LogP contribution < -0.4 is 5.32 Å². The largest absolute Gasteiger partial charge is 0.469 e. The number of methoxy groups -OCH3 is 1. The Kier molecular flexibility index (Phi) is 7.78. The number of carbonyl (C=O) groups is 2. The van der Waals surface area contributed by atoms with Crippen molar-refractivity contribution >= 4 is 40.5 Å². The van der Waals surface area contributed by atoms with Crippen LogP contribution >= 0.6 is 11.3 Å². The fourth-order valence-electron chi connectivity index (χ4n) is 2.10. The Labute approximate surface area is 150 Å². The lowest BCUT2D eigenvalue weighted by molar-refractivity contribution is -0.140. The number of aromatic nitrogens is 2. The molecule has 0 unspecified atom stereocenters. The Morgan fingerprint density at radius 2 is 1.84 bits per heavy atom. The van der Waals surface area contributed by atoms with Gasteiger partial charge in [0.1, 0.15) is 5.01 Å². The molecule has 25 heavy (non-hydrogen) atoms. The Morgan fingerprint density at radius 1 is 1.08 bits per heavy atom. The number of carbonyl (C=O) groups excluding carboxylic acids is 2. The molecule has 0 aliphatic heterocycles. The first-order valence-electron chi connectivity index (χ1n) is 8.10. The minimum absolute atomic E-state index is 0.0900. The van der Waals surface area contributed by atoms with E-state index < -0.39 is 0 Å². The Bertz CT molecular complexity index is 713. The number of ether oxygens (including phenoxy) is 1. The van der Waals surface area contributed by atoms with E-state index in [4.69, 9.17) is 0 Å². The molecule has 2 rings (SSSR count). The standard InChI is InChI=1S/C18H21N3O3S/c1-24-17(23)11-7-3-6-10-15(22)19-18-21-20-16(25-18)13-12-14-8-4-2-5-9-14/h2,4-5,8-9,12-13H,3,6-7,10-11H2,1H3,(H,19,21,22). The smallest absolute Gasteiger partial charge is 0.305 e. The SMILES string of the molecule is COC(=O)CCCCCC(=O)Nc1nnc(C=Cc2ccccc2)s1. The van der Waals surface area contributed by atoms with Crippen LogP contribution in [0.5, 0.6) is 0 Å². The zero-order valence-electron chi connectivity index (χ0n) is 14.1. The molecule has 0 aliphatic rings. The second-order valence-electron chi connectivity index (χ2n) is 5.37. The average Bonchev–Trinajstić information content (AvgIpc) is 3.07. The highest BCUT2D eigenvalue weighted by Crippen LogP contribution is 2.18. The van der Waals surface area contributed by atoms with E-state index in [1.165, 1.54) is 18.4 Å². The number of unbranched alkanes of at least 4 members (excludes halogenated alkanes) is 2. The summed E-state index contributed by atoms with van der Waals surface area (Å²) in [5, 5.41) is 12.0. The molecule has 1 heterocycles. The molecular formula is C18H21N3O3S. The van der Waals surface area contributed by atoms with Crippen LogP contribution in [-0.2, 0) is 14.3 Å². The molecular weight excluding hydrogens is 338 g/mol. The minimum Gasteiger partial charge on any atom is -0.469 e. The van der Waals surface area contributed by atoms with Crippen LogP contribution in [0.1, 0.15) is 42.7 Å². The van der Waals surface area contributed by atoms with Crippen molar-refractivity contribution in [3.05, 3.63) is 40.9 Å². The van der Waals surface area contributed by atoms with Crippen LogP contribution in [-0.4, -0.2) is 29.2 Å². The highest BCUT2D eigenvalue weighted by Gasteiger charge is 2.07. The molecule has 0 bridgehead atoms. The number of esters is 1. The second kappa shape index (κ2) is 10.4. The molecule has 0 spiro atoms. The van der Waals surface area contributed by atoms with E-state index in [1.807, 2.05) is 42.5 Å². The molecule has 1 N–H and O–H groups in total. The van der Waals surface area contributed by atoms with Crippen molar-refractivity contribution in [2.24, 2.45) is 0 Å². The molecule has 0 radical (unpaired) electrons. The van der Waals surface area contributed by atoms with E-state index in [1.54, 1.807) is 0 Å². The van der Waals surface area contributed by atoms with E-state index in [0.717, 1.165) is 29.8 Å². The van der Waals surface area contributed by atoms with Gasteiger partial charge in [0, 0.05) is 12.8 Å². The fraction of sp³-hybridized carbons (Fsp3) is 0.333. The summed E-state index contributed by atoms with van der Waals surface area (Å²) in [4.78, 5) is 22.8. The van der Waals surface area contributed by atoms with Gasteiger partial charge in [0.25, 0.3) is 0 Å². The van der Waals surface area contributed by atoms with Crippen molar-refractivity contribution in [1.82, 2.24) is 10.2 Å². The van der Waals surface area contributed by atoms with Crippen LogP contribution in [0, 0.1) is 0 Å². The van der Waals surface area contributed by atoms with Crippen molar-refractivity contribution in [2.45, 2.75) is 32.1 Å². The number of nitrogens with zero attached hydrogens (tertiary/aromatic N) is 2. The second-order valence-corrected chi connectivity index (χ2v) is 6.38. The van der Waals surface area contributed by atoms with Gasteiger partial charge in [-0.1, -0.05) is 54.2 Å². The van der Waals surface area contributed by atoms with E-state index >= 15 is 0 Å². The number of anilines is 1. The van der Waals surface area contributed by atoms with E-state index in [0.29, 0.717) is 18.0 Å². The van der Waals surface area contributed by atoms with Crippen LogP contribution in [0.3, 0.4) is 0 Å². The van der Waals surface area contributed by atoms with Crippen molar-refractivity contribution in [1.29, 1.82) is 0 Å². The summed E-state index contributed by atoms with van der Waals surface area (Å²) in [6, 6.07) is 9.90. The maximum Gasteiger partial charge on any atom is 0.305 e. The molecule has 0 saturated heterocycles. The third-order valence-electron chi connectivity index (χ3n) is 3.42. The molecule has 0 fully saturated rings. The van der Waals surface area contributed by atoms with Crippen molar-refractivity contribution in [3.8, 4) is 0 Å². The van der Waals surface area contributed by atoms with Gasteiger partial charge in [-0.25, -0.2) is 0 Å². The first-order valence-corrected chi connectivity index (χ1v) is 8.92. The molecule has 0 saturated carbocycles. The molecule has 1 amide bonds. The molecule has 0 atom stereocenters. The topological polar surface area (TPSA) is 81.2 Å². The lowest BCUT2D eigenvalue weighted by Crippen LogP contribution is -2.10. The van der Waals surface area contributed by atoms with Gasteiger partial charge in [0.15, 0.2) is 0 Å². The first kappa shape index (κ1) is 18.8. The van der Waals surface area contributed by atoms with Crippen molar-refractivity contribution < 1.29 is 14.3 Å². The molecule has 1 aromatic heterocycles. The van der Waals surface area contributed by atoms with E-state index in [-0.39, 0.29) is 11.9 Å². The van der Waals surface area contributed by atoms with Gasteiger partial charge in [-0.05, 0) is 24.5 Å². The summed E-state index contributed by atoms with van der Waals surface area (Å²) < 4.78 is 4.57. The van der Waals surface area contributed by atoms with Gasteiger partial charge >= 0.3 is 5.97 Å². The van der Waals surface area contributed by atoms with Gasteiger partial charge in [0.2, 0.25) is 11.0 Å². The highest BCUT2D eigenvalue weighted by molar-refractivity contribution is 7.16. The van der Waals surface area contributed by atoms with Gasteiger partial charge in [0.05, 0.1) is 7.11 Å².